The van der Waals surface area contributed by atoms with Crippen molar-refractivity contribution in [1.82, 2.24) is 4.90 Å². The van der Waals surface area contributed by atoms with Crippen molar-refractivity contribution in [2.75, 3.05) is 19.9 Å². The second-order valence-corrected chi connectivity index (χ2v) is 5.61. The van der Waals surface area contributed by atoms with Crippen LogP contribution in [0.3, 0.4) is 0 Å². The highest BCUT2D eigenvalue weighted by Gasteiger charge is 2.31. The van der Waals surface area contributed by atoms with E-state index in [1.807, 2.05) is 35.2 Å². The third-order valence-electron chi connectivity index (χ3n) is 4.29. The van der Waals surface area contributed by atoms with Crippen molar-refractivity contribution in [3.8, 4) is 11.5 Å². The van der Waals surface area contributed by atoms with Gasteiger partial charge in [0.2, 0.25) is 6.79 Å². The number of benzene rings is 2. The Balaban J connectivity index is 1.56. The van der Waals surface area contributed by atoms with Crippen LogP contribution < -0.4 is 9.47 Å². The molecule has 0 aliphatic carbocycles. The fourth-order valence-electron chi connectivity index (χ4n) is 3.09. The normalized spacial score (nSPS) is 15.8. The number of amides is 1. The highest BCUT2D eigenvalue weighted by Crippen LogP contribution is 2.39. The first-order chi connectivity index (χ1) is 10.8. The zero-order valence-electron chi connectivity index (χ0n) is 12.2. The maximum atomic E-state index is 12.8. The van der Waals surface area contributed by atoms with Gasteiger partial charge in [0.15, 0.2) is 11.5 Å². The number of carbonyl (C=O) groups excluding carboxylic acids is 1. The molecule has 0 fully saturated rings. The second-order valence-electron chi connectivity index (χ2n) is 5.61. The van der Waals surface area contributed by atoms with Gasteiger partial charge in [0.05, 0.1) is 5.56 Å². The van der Waals surface area contributed by atoms with Crippen LogP contribution in [0.15, 0.2) is 42.5 Å². The molecule has 0 saturated carbocycles. The van der Waals surface area contributed by atoms with Crippen molar-refractivity contribution < 1.29 is 14.3 Å². The number of ether oxygens (including phenoxy) is 2. The number of hydrogen-bond acceptors (Lipinski definition) is 3. The minimum atomic E-state index is 0.0551. The van der Waals surface area contributed by atoms with E-state index in [1.165, 1.54) is 5.56 Å². The van der Waals surface area contributed by atoms with E-state index in [1.54, 1.807) is 0 Å². The van der Waals surface area contributed by atoms with E-state index < -0.39 is 0 Å². The number of rotatable bonds is 3. The molecule has 4 rings (SSSR count). The molecule has 4 heteroatoms. The quantitative estimate of drug-likeness (QED) is 0.874. The summed E-state index contributed by atoms with van der Waals surface area (Å²) in [4.78, 5) is 14.7. The van der Waals surface area contributed by atoms with Crippen LogP contribution in [0.4, 0.5) is 0 Å². The van der Waals surface area contributed by atoms with Gasteiger partial charge in [-0.05, 0) is 30.0 Å². The zero-order valence-corrected chi connectivity index (χ0v) is 12.2. The molecule has 0 bridgehead atoms. The molecule has 0 radical (unpaired) electrons. The van der Waals surface area contributed by atoms with Crippen LogP contribution in [0.5, 0.6) is 11.5 Å². The van der Waals surface area contributed by atoms with Crippen molar-refractivity contribution >= 4 is 5.91 Å². The van der Waals surface area contributed by atoms with Gasteiger partial charge < -0.3 is 14.4 Å². The van der Waals surface area contributed by atoms with Crippen molar-refractivity contribution in [1.29, 1.82) is 0 Å². The van der Waals surface area contributed by atoms with Crippen molar-refractivity contribution in [3.05, 3.63) is 59.2 Å². The topological polar surface area (TPSA) is 38.8 Å². The van der Waals surface area contributed by atoms with Gasteiger partial charge in [-0.3, -0.25) is 4.79 Å². The Bertz CT molecular complexity index is 712. The fraction of sp³-hybridized carbons (Fsp3) is 0.278. The smallest absolute Gasteiger partial charge is 0.258 e. The molecule has 2 heterocycles. The Labute approximate surface area is 129 Å². The summed E-state index contributed by atoms with van der Waals surface area (Å²) in [6.07, 6.45) is 1.74. The van der Waals surface area contributed by atoms with E-state index in [9.17, 15) is 4.79 Å². The van der Waals surface area contributed by atoms with Crippen molar-refractivity contribution in [2.24, 2.45) is 0 Å². The second kappa shape index (κ2) is 5.37. The molecule has 2 aromatic carbocycles. The summed E-state index contributed by atoms with van der Waals surface area (Å²) in [5.74, 6) is 1.35. The summed E-state index contributed by atoms with van der Waals surface area (Å²) in [6, 6.07) is 14.1. The lowest BCUT2D eigenvalue weighted by Gasteiger charge is -2.29. The summed E-state index contributed by atoms with van der Waals surface area (Å²) in [7, 11) is 0. The van der Waals surface area contributed by atoms with Gasteiger partial charge in [-0.15, -0.1) is 0 Å². The lowest BCUT2D eigenvalue weighted by Crippen LogP contribution is -2.39. The van der Waals surface area contributed by atoms with Crippen molar-refractivity contribution in [3.63, 3.8) is 0 Å². The molecule has 2 aromatic rings. The van der Waals surface area contributed by atoms with E-state index in [0.29, 0.717) is 17.1 Å². The monoisotopic (exact) mass is 295 g/mol. The van der Waals surface area contributed by atoms with Gasteiger partial charge >= 0.3 is 0 Å². The van der Waals surface area contributed by atoms with Crippen LogP contribution in [0.25, 0.3) is 0 Å². The lowest BCUT2D eigenvalue weighted by molar-refractivity contribution is 0.0736. The first-order valence-electron chi connectivity index (χ1n) is 7.57. The molecule has 0 unspecified atom stereocenters. The van der Waals surface area contributed by atoms with Gasteiger partial charge in [-0.1, -0.05) is 36.4 Å². The molecular formula is C18H17NO3. The standard InChI is InChI=1S/C18H17NO3/c20-18-16-14(6-7-15-17(16)22-12-21-15)9-11-19(18)10-8-13-4-2-1-3-5-13/h1-7H,8-12H2. The van der Waals surface area contributed by atoms with E-state index in [4.69, 9.17) is 9.47 Å². The van der Waals surface area contributed by atoms with Crippen molar-refractivity contribution in [2.45, 2.75) is 12.8 Å². The molecule has 112 valence electrons. The Morgan fingerprint density at radius 3 is 2.77 bits per heavy atom. The largest absolute Gasteiger partial charge is 0.454 e. The third-order valence-corrected chi connectivity index (χ3v) is 4.29. The Morgan fingerprint density at radius 2 is 1.91 bits per heavy atom. The van der Waals surface area contributed by atoms with Gasteiger partial charge in [0, 0.05) is 13.1 Å². The number of nitrogens with zero attached hydrogens (tertiary/aromatic N) is 1. The maximum absolute atomic E-state index is 12.8. The van der Waals surface area contributed by atoms with Gasteiger partial charge in [0.1, 0.15) is 0 Å². The van der Waals surface area contributed by atoms with Gasteiger partial charge in [0.25, 0.3) is 5.91 Å². The highest BCUT2D eigenvalue weighted by atomic mass is 16.7. The molecule has 2 aliphatic rings. The fourth-order valence-corrected chi connectivity index (χ4v) is 3.09. The SMILES string of the molecule is O=C1c2c(ccc3c2OCO3)CCN1CCc1ccccc1. The molecule has 0 spiro atoms. The van der Waals surface area contributed by atoms with E-state index in [2.05, 4.69) is 12.1 Å². The minimum absolute atomic E-state index is 0.0551. The van der Waals surface area contributed by atoms with E-state index in [0.717, 1.165) is 31.5 Å². The van der Waals surface area contributed by atoms with E-state index >= 15 is 0 Å². The molecule has 2 aliphatic heterocycles. The predicted molar refractivity (Wildman–Crippen MR) is 82.3 cm³/mol. The van der Waals surface area contributed by atoms with Crippen LogP contribution in [0, 0.1) is 0 Å². The lowest BCUT2D eigenvalue weighted by atomic mass is 9.97. The minimum Gasteiger partial charge on any atom is -0.454 e. The average molecular weight is 295 g/mol. The first-order valence-corrected chi connectivity index (χ1v) is 7.57. The highest BCUT2D eigenvalue weighted by molar-refractivity contribution is 6.00. The number of fused-ring (bicyclic) bond motifs is 3. The van der Waals surface area contributed by atoms with Gasteiger partial charge in [-0.2, -0.15) is 0 Å². The molecule has 1 amide bonds. The summed E-state index contributed by atoms with van der Waals surface area (Å²) in [5.41, 5.74) is 3.00. The summed E-state index contributed by atoms with van der Waals surface area (Å²) in [5, 5.41) is 0. The molecule has 0 N–H and O–H groups in total. The number of hydrogen-bond donors (Lipinski definition) is 0. The van der Waals surface area contributed by atoms with Crippen LogP contribution in [0.2, 0.25) is 0 Å². The average Bonchev–Trinajstić information content (AvgIpc) is 3.03. The molecular weight excluding hydrogens is 278 g/mol. The first kappa shape index (κ1) is 13.2. The third kappa shape index (κ3) is 2.21. The van der Waals surface area contributed by atoms with Crippen LogP contribution in [-0.4, -0.2) is 30.7 Å². The predicted octanol–water partition coefficient (Wildman–Crippen LogP) is 2.66. The molecule has 0 atom stereocenters. The van der Waals surface area contributed by atoms with Gasteiger partial charge in [-0.25, -0.2) is 0 Å². The number of carbonyl (C=O) groups is 1. The zero-order chi connectivity index (χ0) is 14.9. The Kier molecular flexibility index (Phi) is 3.22. The molecule has 22 heavy (non-hydrogen) atoms. The maximum Gasteiger partial charge on any atom is 0.258 e. The summed E-state index contributed by atoms with van der Waals surface area (Å²) >= 11 is 0. The summed E-state index contributed by atoms with van der Waals surface area (Å²) in [6.45, 7) is 1.69. The van der Waals surface area contributed by atoms with Crippen LogP contribution in [-0.2, 0) is 12.8 Å². The van der Waals surface area contributed by atoms with E-state index in [-0.39, 0.29) is 12.7 Å². The molecule has 0 aromatic heterocycles. The van der Waals surface area contributed by atoms with Crippen LogP contribution in [0.1, 0.15) is 21.5 Å². The Morgan fingerprint density at radius 1 is 1.05 bits per heavy atom. The van der Waals surface area contributed by atoms with Crippen LogP contribution >= 0.6 is 0 Å². The summed E-state index contributed by atoms with van der Waals surface area (Å²) < 4.78 is 10.9. The molecule has 4 nitrogen and oxygen atoms in total. The molecule has 0 saturated heterocycles. The Hall–Kier alpha value is -2.49.